The first-order valence-electron chi connectivity index (χ1n) is 11.0. The van der Waals surface area contributed by atoms with Gasteiger partial charge in [0, 0.05) is 35.5 Å². The molecule has 0 bridgehead atoms. The molecule has 2 atom stereocenters. The van der Waals surface area contributed by atoms with Gasteiger partial charge in [-0.3, -0.25) is 4.98 Å². The number of methoxy groups -OCH3 is 1. The summed E-state index contributed by atoms with van der Waals surface area (Å²) in [7, 11) is 1.69. The van der Waals surface area contributed by atoms with Crippen LogP contribution in [0.2, 0.25) is 0 Å². The highest BCUT2D eigenvalue weighted by Crippen LogP contribution is 2.42. The minimum atomic E-state index is -0.0984. The molecule has 33 heavy (non-hydrogen) atoms. The molecule has 1 fully saturated rings. The molecular formula is C27H26N4OS. The molecule has 4 aromatic rings. The monoisotopic (exact) mass is 454 g/mol. The van der Waals surface area contributed by atoms with Crippen molar-refractivity contribution in [1.82, 2.24) is 14.9 Å². The van der Waals surface area contributed by atoms with E-state index in [1.165, 1.54) is 11.1 Å². The number of nitrogens with one attached hydrogen (secondary N) is 1. The minimum absolute atomic E-state index is 0.0881. The third-order valence-corrected chi connectivity index (χ3v) is 6.31. The number of rotatable bonds is 5. The van der Waals surface area contributed by atoms with Gasteiger partial charge in [0.15, 0.2) is 5.11 Å². The molecule has 2 unspecified atom stereocenters. The van der Waals surface area contributed by atoms with Crippen molar-refractivity contribution in [3.8, 4) is 11.4 Å². The van der Waals surface area contributed by atoms with Gasteiger partial charge in [-0.2, -0.15) is 0 Å². The molecule has 1 N–H and O–H groups in total. The smallest absolute Gasteiger partial charge is 0.174 e. The molecule has 2 aromatic carbocycles. The van der Waals surface area contributed by atoms with E-state index in [-0.39, 0.29) is 12.1 Å². The summed E-state index contributed by atoms with van der Waals surface area (Å²) in [6.07, 6.45) is 3.92. The molecule has 3 heterocycles. The summed E-state index contributed by atoms with van der Waals surface area (Å²) in [5.74, 6) is 0.819. The summed E-state index contributed by atoms with van der Waals surface area (Å²) in [4.78, 5) is 6.89. The molecule has 5 rings (SSSR count). The fourth-order valence-corrected chi connectivity index (χ4v) is 5.00. The summed E-state index contributed by atoms with van der Waals surface area (Å²) >= 11 is 5.89. The minimum Gasteiger partial charge on any atom is -0.497 e. The van der Waals surface area contributed by atoms with E-state index in [2.05, 4.69) is 82.3 Å². The van der Waals surface area contributed by atoms with Crippen molar-refractivity contribution in [3.05, 3.63) is 108 Å². The first kappa shape index (κ1) is 21.2. The van der Waals surface area contributed by atoms with Crippen LogP contribution >= 0.6 is 12.2 Å². The zero-order valence-corrected chi connectivity index (χ0v) is 19.7. The van der Waals surface area contributed by atoms with Gasteiger partial charge in [0.05, 0.1) is 18.8 Å². The summed E-state index contributed by atoms with van der Waals surface area (Å²) in [5, 5.41) is 4.25. The van der Waals surface area contributed by atoms with Crippen molar-refractivity contribution in [2.24, 2.45) is 0 Å². The zero-order chi connectivity index (χ0) is 22.9. The van der Waals surface area contributed by atoms with Crippen LogP contribution in [0.4, 0.5) is 5.69 Å². The van der Waals surface area contributed by atoms with E-state index in [0.717, 1.165) is 28.5 Å². The normalized spacial score (nSPS) is 17.8. The van der Waals surface area contributed by atoms with E-state index >= 15 is 0 Å². The molecule has 1 aliphatic heterocycles. The van der Waals surface area contributed by atoms with Crippen molar-refractivity contribution < 1.29 is 4.74 Å². The maximum absolute atomic E-state index is 5.89. The first-order chi connectivity index (χ1) is 16.0. The Morgan fingerprint density at radius 1 is 0.909 bits per heavy atom. The number of hydrogen-bond acceptors (Lipinski definition) is 3. The standard InChI is InChI=1S/C27H26N4OS/c1-18-14-19(2)16-21(15-18)31-26(25(29-27(31)33)23-10-4-5-12-28-23)24-11-7-13-30(24)20-8-6-9-22(17-20)32-3/h4-17,25-26H,1-3H3,(H,29,33). The lowest BCUT2D eigenvalue weighted by molar-refractivity contribution is 0.414. The lowest BCUT2D eigenvalue weighted by Crippen LogP contribution is -2.30. The van der Waals surface area contributed by atoms with E-state index in [4.69, 9.17) is 17.0 Å². The highest BCUT2D eigenvalue weighted by Gasteiger charge is 2.42. The average Bonchev–Trinajstić information content (AvgIpc) is 3.43. The molecular weight excluding hydrogens is 428 g/mol. The summed E-state index contributed by atoms with van der Waals surface area (Å²) in [5.41, 5.74) is 6.59. The predicted octanol–water partition coefficient (Wildman–Crippen LogP) is 5.67. The van der Waals surface area contributed by atoms with Crippen LogP contribution in [0.5, 0.6) is 5.75 Å². The third-order valence-electron chi connectivity index (χ3n) is 6.00. The van der Waals surface area contributed by atoms with E-state index < -0.39 is 0 Å². The maximum Gasteiger partial charge on any atom is 0.174 e. The average molecular weight is 455 g/mol. The number of anilines is 1. The molecule has 6 heteroatoms. The summed E-state index contributed by atoms with van der Waals surface area (Å²) < 4.78 is 7.68. The Morgan fingerprint density at radius 2 is 1.73 bits per heavy atom. The van der Waals surface area contributed by atoms with Gasteiger partial charge in [-0.25, -0.2) is 0 Å². The molecule has 0 saturated carbocycles. The molecule has 0 spiro atoms. The number of pyridine rings is 1. The number of nitrogens with zero attached hydrogens (tertiary/aromatic N) is 3. The lowest BCUT2D eigenvalue weighted by Gasteiger charge is -2.29. The Bertz CT molecular complexity index is 1280. The highest BCUT2D eigenvalue weighted by atomic mass is 32.1. The Hall–Kier alpha value is -3.64. The molecule has 1 saturated heterocycles. The third kappa shape index (κ3) is 3.98. The Kier molecular flexibility index (Phi) is 5.60. The maximum atomic E-state index is 5.89. The molecule has 166 valence electrons. The number of aryl methyl sites for hydroxylation is 2. The van der Waals surface area contributed by atoms with Crippen LogP contribution in [0.15, 0.2) is 85.2 Å². The van der Waals surface area contributed by atoms with Crippen LogP contribution in [0, 0.1) is 13.8 Å². The summed E-state index contributed by atoms with van der Waals surface area (Å²) in [6.45, 7) is 4.24. The van der Waals surface area contributed by atoms with Crippen LogP contribution in [0.3, 0.4) is 0 Å². The van der Waals surface area contributed by atoms with Crippen molar-refractivity contribution in [2.75, 3.05) is 12.0 Å². The van der Waals surface area contributed by atoms with Crippen molar-refractivity contribution >= 4 is 23.0 Å². The van der Waals surface area contributed by atoms with Crippen LogP contribution in [0.1, 0.15) is 34.6 Å². The SMILES string of the molecule is COc1cccc(-n2cccc2C2C(c3ccccn3)NC(=S)N2c2cc(C)cc(C)c2)c1. The second-order valence-electron chi connectivity index (χ2n) is 8.35. The van der Waals surface area contributed by atoms with Crippen LogP contribution in [0.25, 0.3) is 5.69 Å². The first-order valence-corrected chi connectivity index (χ1v) is 11.4. The van der Waals surface area contributed by atoms with Gasteiger partial charge in [0.25, 0.3) is 0 Å². The van der Waals surface area contributed by atoms with E-state index in [1.54, 1.807) is 7.11 Å². The van der Waals surface area contributed by atoms with E-state index in [1.807, 2.05) is 36.5 Å². The van der Waals surface area contributed by atoms with Crippen LogP contribution in [-0.2, 0) is 0 Å². The Labute approximate surface area is 199 Å². The fraction of sp³-hybridized carbons (Fsp3) is 0.185. The zero-order valence-electron chi connectivity index (χ0n) is 18.9. The highest BCUT2D eigenvalue weighted by molar-refractivity contribution is 7.80. The quantitative estimate of drug-likeness (QED) is 0.393. The van der Waals surface area contributed by atoms with Crippen LogP contribution < -0.4 is 15.0 Å². The van der Waals surface area contributed by atoms with Gasteiger partial charge in [-0.1, -0.05) is 18.2 Å². The van der Waals surface area contributed by atoms with Gasteiger partial charge in [-0.05, 0) is 85.7 Å². The molecule has 0 amide bonds. The van der Waals surface area contributed by atoms with Gasteiger partial charge in [-0.15, -0.1) is 0 Å². The molecule has 0 aliphatic carbocycles. The second kappa shape index (κ2) is 8.71. The topological polar surface area (TPSA) is 42.3 Å². The number of aromatic nitrogens is 2. The Morgan fingerprint density at radius 3 is 2.45 bits per heavy atom. The number of ether oxygens (including phenoxy) is 1. The van der Waals surface area contributed by atoms with Gasteiger partial charge in [0.1, 0.15) is 11.8 Å². The van der Waals surface area contributed by atoms with Gasteiger partial charge < -0.3 is 19.5 Å². The van der Waals surface area contributed by atoms with Crippen molar-refractivity contribution in [3.63, 3.8) is 0 Å². The van der Waals surface area contributed by atoms with Crippen molar-refractivity contribution in [1.29, 1.82) is 0 Å². The molecule has 0 radical (unpaired) electrons. The van der Waals surface area contributed by atoms with Gasteiger partial charge >= 0.3 is 0 Å². The van der Waals surface area contributed by atoms with E-state index in [9.17, 15) is 0 Å². The summed E-state index contributed by atoms with van der Waals surface area (Å²) in [6, 6.07) is 24.7. The molecule has 1 aliphatic rings. The predicted molar refractivity (Wildman–Crippen MR) is 136 cm³/mol. The van der Waals surface area contributed by atoms with Crippen molar-refractivity contribution in [2.45, 2.75) is 25.9 Å². The molecule has 2 aromatic heterocycles. The number of benzene rings is 2. The second-order valence-corrected chi connectivity index (χ2v) is 8.73. The number of thiocarbonyl (C=S) groups is 1. The van der Waals surface area contributed by atoms with E-state index in [0.29, 0.717) is 5.11 Å². The van der Waals surface area contributed by atoms with Crippen LogP contribution in [-0.4, -0.2) is 21.8 Å². The lowest BCUT2D eigenvalue weighted by atomic mass is 10.00. The van der Waals surface area contributed by atoms with Gasteiger partial charge in [0.2, 0.25) is 0 Å². The largest absolute Gasteiger partial charge is 0.497 e. The Balaban J connectivity index is 1.68. The fourth-order valence-electron chi connectivity index (χ4n) is 4.65. The number of hydrogen-bond donors (Lipinski definition) is 1. The molecule has 5 nitrogen and oxygen atoms in total.